The highest BCUT2D eigenvalue weighted by molar-refractivity contribution is 6.10. The first-order valence-electron chi connectivity index (χ1n) is 26.9. The molecule has 25 nitrogen and oxygen atoms in total. The number of phenols is 1. The molecule has 2 aliphatic heterocycles. The molecule has 0 unspecified atom stereocenters. The second-order valence-corrected chi connectivity index (χ2v) is 19.7. The average Bonchev–Trinajstić information content (AvgIpc) is 3.42. The third-order valence-corrected chi connectivity index (χ3v) is 13.7. The lowest BCUT2D eigenvalue weighted by Crippen LogP contribution is -2.58. The third-order valence-electron chi connectivity index (χ3n) is 13.7. The zero-order valence-corrected chi connectivity index (χ0v) is 44.4. The van der Waals surface area contributed by atoms with Crippen LogP contribution in [0.2, 0.25) is 0 Å². The number of anilines is 1. The zero-order chi connectivity index (χ0) is 57.4. The molecule has 7 amide bonds. The molecule has 1 saturated heterocycles. The monoisotopic (exact) mass is 1110 g/mol. The number of phenolic OH excluding ortho intramolecular Hbond substituents is 1. The Labute approximate surface area is 461 Å². The number of carboxylic acids is 1. The van der Waals surface area contributed by atoms with Crippen LogP contribution in [0, 0.1) is 11.8 Å². The number of halogens is 1. The minimum atomic E-state index is -1.67. The first-order chi connectivity index (χ1) is 38.6. The van der Waals surface area contributed by atoms with Crippen molar-refractivity contribution in [3.63, 3.8) is 0 Å². The van der Waals surface area contributed by atoms with E-state index in [9.17, 15) is 53.0 Å². The highest BCUT2D eigenvalue weighted by atomic mass is 18.2. The topological polar surface area (TPSA) is 385 Å². The Morgan fingerprint density at radius 1 is 0.725 bits per heavy atom. The third kappa shape index (κ3) is 19.5. The van der Waals surface area contributed by atoms with E-state index in [0.29, 0.717) is 23.4 Å². The van der Waals surface area contributed by atoms with E-state index < -0.39 is 79.3 Å². The van der Waals surface area contributed by atoms with Crippen LogP contribution in [0.3, 0.4) is 0 Å². The zero-order valence-electron chi connectivity index (χ0n) is 44.4. The Morgan fingerprint density at radius 2 is 1.40 bits per heavy atom. The van der Waals surface area contributed by atoms with Gasteiger partial charge in [-0.25, -0.2) is 4.39 Å². The molecule has 26 heteroatoms. The van der Waals surface area contributed by atoms with Gasteiger partial charge in [0.25, 0.3) is 0 Å². The lowest BCUT2D eigenvalue weighted by molar-refractivity contribution is -0.141. The molecule has 2 aromatic heterocycles. The first-order valence-corrected chi connectivity index (χ1v) is 26.9. The quantitative estimate of drug-likeness (QED) is 0.0361. The van der Waals surface area contributed by atoms with Crippen molar-refractivity contribution in [2.75, 3.05) is 38.2 Å². The van der Waals surface area contributed by atoms with Crippen LogP contribution in [0.4, 0.5) is 10.1 Å². The summed E-state index contributed by atoms with van der Waals surface area (Å²) in [6.45, 7) is -0.916. The average molecular weight is 1110 g/mol. The Balaban J connectivity index is 1.03. The van der Waals surface area contributed by atoms with Crippen LogP contribution in [-0.2, 0) is 49.5 Å². The van der Waals surface area contributed by atoms with Crippen molar-refractivity contribution in [1.29, 1.82) is 0 Å². The maximum absolute atomic E-state index is 14.1. The van der Waals surface area contributed by atoms with Gasteiger partial charge in [0.1, 0.15) is 36.6 Å². The molecule has 3 aliphatic rings. The molecule has 80 heavy (non-hydrogen) atoms. The van der Waals surface area contributed by atoms with Crippen molar-refractivity contribution < 1.29 is 57.7 Å². The van der Waals surface area contributed by atoms with Gasteiger partial charge in [-0.05, 0) is 106 Å². The number of amides is 7. The Bertz CT molecular complexity index is 2710. The molecule has 7 atom stereocenters. The van der Waals surface area contributed by atoms with Crippen LogP contribution in [-0.4, -0.2) is 148 Å². The number of ether oxygens (including phenoxy) is 1. The van der Waals surface area contributed by atoms with Gasteiger partial charge >= 0.3 is 5.97 Å². The van der Waals surface area contributed by atoms with E-state index in [4.69, 9.17) is 16.2 Å². The van der Waals surface area contributed by atoms with Crippen molar-refractivity contribution in [2.24, 2.45) is 38.5 Å². The summed E-state index contributed by atoms with van der Waals surface area (Å²) in [4.78, 5) is 119. The molecule has 6 rings (SSSR count). The van der Waals surface area contributed by atoms with Crippen LogP contribution in [0.1, 0.15) is 107 Å². The number of fused-ring (bicyclic) bond motifs is 1. The van der Waals surface area contributed by atoms with E-state index >= 15 is 0 Å². The number of nitrogens with two attached hydrogens (primary N) is 2. The molecule has 13 N–H and O–H groups in total. The molecule has 0 spiro atoms. The number of hydrogen-bond acceptors (Lipinski definition) is 15. The van der Waals surface area contributed by atoms with E-state index in [1.54, 1.807) is 24.5 Å². The molecule has 1 aromatic carbocycles. The van der Waals surface area contributed by atoms with Gasteiger partial charge in [-0.15, -0.1) is 0 Å². The van der Waals surface area contributed by atoms with Gasteiger partial charge in [-0.1, -0.05) is 24.6 Å². The maximum atomic E-state index is 14.1. The number of carbonyl (C=O) groups excluding carboxylic acids is 7. The molecular formula is C54H71FN14O11. The number of alkyl halides is 1. The number of nitrogens with zero attached hydrogens (tertiary/aromatic N) is 5. The van der Waals surface area contributed by atoms with E-state index in [1.807, 2.05) is 18.2 Å². The summed E-state index contributed by atoms with van der Waals surface area (Å²) in [6, 6.07) is 9.27. The maximum Gasteiger partial charge on any atom is 0.305 e. The highest BCUT2D eigenvalue weighted by Crippen LogP contribution is 2.37. The number of aromatic nitrogens is 2. The Kier molecular flexibility index (Phi) is 23.7. The number of aliphatic carboxylic acids is 1. The van der Waals surface area contributed by atoms with E-state index in [0.717, 1.165) is 49.2 Å². The standard InChI is InChI=1S/C54H71FN14O11/c55-23-27-80-35-8-5-9-36-37(21-20-35)49(69-68-48(36)38-10-1-3-24-58-38)39-22-17-33(30-61-39)63-45(72)14-6-13-44(71)59-25-4-2-11-41-52(78)66-42(28-32-15-18-34(70)19-16-32)53(79)67-43(29-47(74)75)50(76)62-31-46(73)64-40(51(77)65-41)12-7-26-60-54(56)57/h1,3,10,15-19,22,24,30,35-37,40-43,70H,2,4-9,11-14,20-21,23,25-29,31H2,(H,59,71)(H,62,76)(H,63,72)(H,64,73)(H,65,77)(H,66,78)(H,67,79)(H,74,75)(H4,56,57,60)/t35-,36-,37-,40-,41-,42+,43-/m1/s1/i55-1. The number of benzene rings is 1. The smallest absolute Gasteiger partial charge is 0.305 e. The second kappa shape index (κ2) is 31.2. The molecule has 2 fully saturated rings. The van der Waals surface area contributed by atoms with Crippen molar-refractivity contribution in [2.45, 2.75) is 127 Å². The van der Waals surface area contributed by atoms with Gasteiger partial charge in [0.05, 0.1) is 60.4 Å². The highest BCUT2D eigenvalue weighted by Gasteiger charge is 2.38. The summed E-state index contributed by atoms with van der Waals surface area (Å²) >= 11 is 0. The SMILES string of the molecule is NC(N)=NCCC[C@H]1NC(=O)CNC(=O)[C@@H](CC(=O)O)NC(=O)[C@H](Cc2ccc(O)cc2)NC(=O)[C@@H](CCCCNC(=O)CCCC(=O)Nc2ccc(C3=NN=C(c4ccccn4)[C@@H]4CCC[C@@H](OCC[18F])CC[C@@H]34)nc2)NC1=O. The summed E-state index contributed by atoms with van der Waals surface area (Å²) in [5.74, 6) is -6.75. The number of carboxylic acid groups (broad SMARTS) is 1. The van der Waals surface area contributed by atoms with Gasteiger partial charge in [-0.3, -0.25) is 53.3 Å². The number of aliphatic imine (C=N–C) groups is 1. The van der Waals surface area contributed by atoms with E-state index in [2.05, 4.69) is 62.4 Å². The molecule has 0 bridgehead atoms. The molecule has 430 valence electrons. The number of guanidine groups is 1. The molecular weight excluding hydrogens is 1040 g/mol. The molecule has 3 aromatic rings. The lowest BCUT2D eigenvalue weighted by atomic mass is 9.74. The summed E-state index contributed by atoms with van der Waals surface area (Å²) < 4.78 is 18.8. The molecule has 1 aliphatic carbocycles. The lowest BCUT2D eigenvalue weighted by Gasteiger charge is -2.34. The normalized spacial score (nSPS) is 22.0. The van der Waals surface area contributed by atoms with Gasteiger partial charge in [0.2, 0.25) is 41.4 Å². The number of carbonyl (C=O) groups is 8. The number of pyridine rings is 2. The Hall–Kier alpha value is -8.42. The minimum absolute atomic E-state index is 0.00792. The van der Waals surface area contributed by atoms with Gasteiger partial charge in [0, 0.05) is 50.4 Å². The number of nitrogens with one attached hydrogen (secondary N) is 7. The largest absolute Gasteiger partial charge is 0.508 e. The second-order valence-electron chi connectivity index (χ2n) is 19.7. The van der Waals surface area contributed by atoms with Crippen LogP contribution < -0.4 is 48.7 Å². The summed E-state index contributed by atoms with van der Waals surface area (Å²) in [5, 5.41) is 46.9. The van der Waals surface area contributed by atoms with Crippen LogP contribution in [0.25, 0.3) is 0 Å². The number of hydrogen-bond donors (Lipinski definition) is 11. The number of rotatable bonds is 23. The van der Waals surface area contributed by atoms with Crippen molar-refractivity contribution in [1.82, 2.24) is 41.9 Å². The number of unbranched alkanes of at least 4 members (excludes halogenated alkanes) is 1. The fraction of sp³-hybridized carbons (Fsp3) is 0.500. The summed E-state index contributed by atoms with van der Waals surface area (Å²) in [5.41, 5.74) is 14.7. The van der Waals surface area contributed by atoms with Gasteiger partial charge in [-0.2, -0.15) is 10.2 Å². The summed E-state index contributed by atoms with van der Waals surface area (Å²) in [6.07, 6.45) is 7.19. The van der Waals surface area contributed by atoms with Gasteiger partial charge in [0.15, 0.2) is 5.96 Å². The fourth-order valence-electron chi connectivity index (χ4n) is 9.66. The minimum Gasteiger partial charge on any atom is -0.508 e. The predicted molar refractivity (Wildman–Crippen MR) is 291 cm³/mol. The molecule has 0 radical (unpaired) electrons. The predicted octanol–water partition coefficient (Wildman–Crippen LogP) is 1.18. The van der Waals surface area contributed by atoms with E-state index in [1.165, 1.54) is 24.3 Å². The van der Waals surface area contributed by atoms with Crippen molar-refractivity contribution in [3.05, 3.63) is 83.9 Å². The van der Waals surface area contributed by atoms with Crippen LogP contribution in [0.15, 0.2) is 82.2 Å². The van der Waals surface area contributed by atoms with Crippen molar-refractivity contribution in [3.8, 4) is 5.75 Å². The van der Waals surface area contributed by atoms with E-state index in [-0.39, 0.29) is 113 Å². The summed E-state index contributed by atoms with van der Waals surface area (Å²) in [7, 11) is 0. The number of aromatic hydroxyl groups is 1. The Morgan fingerprint density at radius 3 is 2.09 bits per heavy atom. The van der Waals surface area contributed by atoms with Gasteiger partial charge < -0.3 is 63.6 Å². The molecule has 1 saturated carbocycles. The van der Waals surface area contributed by atoms with Crippen LogP contribution in [0.5, 0.6) is 5.75 Å². The molecule has 4 heterocycles. The van der Waals surface area contributed by atoms with Crippen LogP contribution >= 0.6 is 0 Å². The van der Waals surface area contributed by atoms with Crippen molar-refractivity contribution >= 4 is 70.4 Å². The first kappa shape index (κ1) is 60.8. The fourth-order valence-corrected chi connectivity index (χ4v) is 9.66.